The van der Waals surface area contributed by atoms with Gasteiger partial charge in [-0.2, -0.15) is 0 Å². The molecule has 0 unspecified atom stereocenters. The summed E-state index contributed by atoms with van der Waals surface area (Å²) in [6.45, 7) is 10.3. The number of hydrogen-bond acceptors (Lipinski definition) is 9. The van der Waals surface area contributed by atoms with Gasteiger partial charge in [0.25, 0.3) is 5.91 Å². The maximum Gasteiger partial charge on any atom is 0.410 e. The molecule has 0 aromatic heterocycles. The molecular weight excluding hydrogens is 627 g/mol. The van der Waals surface area contributed by atoms with Crippen LogP contribution in [0.1, 0.15) is 97.1 Å². The van der Waals surface area contributed by atoms with E-state index in [0.29, 0.717) is 25.2 Å². The van der Waals surface area contributed by atoms with Gasteiger partial charge in [0.1, 0.15) is 22.9 Å². The van der Waals surface area contributed by atoms with Gasteiger partial charge in [-0.3, -0.25) is 9.69 Å². The zero-order chi connectivity index (χ0) is 36.0. The van der Waals surface area contributed by atoms with Crippen LogP contribution in [0.25, 0.3) is 0 Å². The zero-order valence-electron chi connectivity index (χ0n) is 29.4. The molecule has 1 aliphatic heterocycles. The lowest BCUT2D eigenvalue weighted by Crippen LogP contribution is -2.52. The molecule has 3 rings (SSSR count). The van der Waals surface area contributed by atoms with E-state index < -0.39 is 71.4 Å². The summed E-state index contributed by atoms with van der Waals surface area (Å²) in [5.74, 6) is -3.71. The molecule has 1 N–H and O–H groups in total. The van der Waals surface area contributed by atoms with Crippen LogP contribution in [-0.4, -0.2) is 107 Å². The average Bonchev–Trinajstić information content (AvgIpc) is 3.82. The second kappa shape index (κ2) is 15.7. The minimum Gasteiger partial charge on any atom is -0.479 e. The molecule has 13 heteroatoms. The lowest BCUT2D eigenvalue weighted by Gasteiger charge is -2.33. The largest absolute Gasteiger partial charge is 0.479 e. The van der Waals surface area contributed by atoms with E-state index in [-0.39, 0.29) is 6.42 Å². The summed E-state index contributed by atoms with van der Waals surface area (Å²) in [5, 5.41) is 9.85. The van der Waals surface area contributed by atoms with Crippen molar-refractivity contribution in [3.63, 3.8) is 0 Å². The Labute approximate surface area is 282 Å². The molecule has 1 saturated heterocycles. The fourth-order valence-electron chi connectivity index (χ4n) is 5.64. The van der Waals surface area contributed by atoms with Crippen LogP contribution in [0.3, 0.4) is 0 Å². The fraction of sp³-hybridized carbons (Fsp3) is 0.686. The second-order valence-electron chi connectivity index (χ2n) is 14.4. The Hall–Kier alpha value is -3.74. The van der Waals surface area contributed by atoms with E-state index in [1.165, 1.54) is 40.4 Å². The summed E-state index contributed by atoms with van der Waals surface area (Å²) in [7, 11) is 2.65. The first-order valence-electron chi connectivity index (χ1n) is 16.5. The Morgan fingerprint density at radius 3 is 2.08 bits per heavy atom. The normalized spacial score (nSPS) is 18.1. The van der Waals surface area contributed by atoms with Crippen molar-refractivity contribution in [3.8, 4) is 0 Å². The smallest absolute Gasteiger partial charge is 0.410 e. The molecule has 2 amide bonds. The highest BCUT2D eigenvalue weighted by atomic mass is 19.1. The Balaban J connectivity index is 1.65. The number of carbonyl (C=O) groups is 5. The van der Waals surface area contributed by atoms with Gasteiger partial charge in [-0.25, -0.2) is 23.6 Å². The first-order valence-corrected chi connectivity index (χ1v) is 16.5. The number of carboxylic acids is 1. The van der Waals surface area contributed by atoms with Crippen molar-refractivity contribution >= 4 is 29.9 Å². The van der Waals surface area contributed by atoms with Crippen molar-refractivity contribution in [2.24, 2.45) is 0 Å². The predicted molar refractivity (Wildman–Crippen MR) is 173 cm³/mol. The highest BCUT2D eigenvalue weighted by molar-refractivity contribution is 5.92. The quantitative estimate of drug-likeness (QED) is 0.215. The topological polar surface area (TPSA) is 149 Å². The van der Waals surface area contributed by atoms with Gasteiger partial charge in [-0.1, -0.05) is 24.3 Å². The van der Waals surface area contributed by atoms with Crippen molar-refractivity contribution in [3.05, 3.63) is 35.4 Å². The zero-order valence-corrected chi connectivity index (χ0v) is 29.4. The molecule has 1 aliphatic carbocycles. The number of carboxylic acid groups (broad SMARTS) is 1. The van der Waals surface area contributed by atoms with Gasteiger partial charge in [-0.15, -0.1) is 0 Å². The van der Waals surface area contributed by atoms with Crippen LogP contribution < -0.4 is 0 Å². The maximum absolute atomic E-state index is 14.9. The Morgan fingerprint density at radius 1 is 1.00 bits per heavy atom. The summed E-state index contributed by atoms with van der Waals surface area (Å²) < 4.78 is 36.5. The van der Waals surface area contributed by atoms with Crippen LogP contribution in [0.5, 0.6) is 0 Å². The van der Waals surface area contributed by atoms with E-state index in [2.05, 4.69) is 0 Å². The van der Waals surface area contributed by atoms with Gasteiger partial charge >= 0.3 is 24.0 Å². The monoisotopic (exact) mass is 678 g/mol. The number of likely N-dealkylation sites (N-methyl/N-ethyl adjacent to an activating group) is 2. The van der Waals surface area contributed by atoms with E-state index in [1.54, 1.807) is 20.8 Å². The predicted octanol–water partition coefficient (Wildman–Crippen LogP) is 4.81. The van der Waals surface area contributed by atoms with Crippen molar-refractivity contribution in [2.45, 2.75) is 127 Å². The molecule has 268 valence electrons. The molecule has 1 aromatic carbocycles. The first-order chi connectivity index (χ1) is 22.2. The molecule has 2 aliphatic rings. The lowest BCUT2D eigenvalue weighted by atomic mass is 9.91. The number of benzene rings is 1. The molecule has 3 atom stereocenters. The molecule has 0 bridgehead atoms. The Kier molecular flexibility index (Phi) is 12.6. The number of rotatable bonds is 14. The van der Waals surface area contributed by atoms with E-state index >= 15 is 0 Å². The minimum absolute atomic E-state index is 0.0393. The third kappa shape index (κ3) is 10.6. The number of alkyl halides is 1. The number of carbonyl (C=O) groups excluding carboxylic acids is 4. The number of halogens is 1. The van der Waals surface area contributed by atoms with Gasteiger partial charge in [0.2, 0.25) is 0 Å². The van der Waals surface area contributed by atoms with Crippen LogP contribution in [0, 0.1) is 0 Å². The Morgan fingerprint density at radius 2 is 1.58 bits per heavy atom. The highest BCUT2D eigenvalue weighted by Crippen LogP contribution is 2.43. The highest BCUT2D eigenvalue weighted by Gasteiger charge is 2.58. The van der Waals surface area contributed by atoms with Crippen molar-refractivity contribution in [1.82, 2.24) is 9.80 Å². The van der Waals surface area contributed by atoms with Crippen molar-refractivity contribution in [1.29, 1.82) is 0 Å². The molecule has 2 fully saturated rings. The summed E-state index contributed by atoms with van der Waals surface area (Å²) in [6.07, 6.45) is -1.42. The summed E-state index contributed by atoms with van der Waals surface area (Å²) >= 11 is 0. The molecule has 12 nitrogen and oxygen atoms in total. The second-order valence-corrected chi connectivity index (χ2v) is 14.4. The molecular formula is C35H51FN2O10. The summed E-state index contributed by atoms with van der Waals surface area (Å²) in [4.78, 5) is 66.7. The third-order valence-electron chi connectivity index (χ3n) is 8.71. The number of nitrogens with zero attached hydrogens (tertiary/aromatic N) is 2. The van der Waals surface area contributed by atoms with Gasteiger partial charge < -0.3 is 29.0 Å². The molecule has 1 aromatic rings. The number of aliphatic carboxylic acids is 1. The number of ether oxygens (including phenoxy) is 4. The molecule has 48 heavy (non-hydrogen) atoms. The number of esters is 2. The molecule has 1 saturated carbocycles. The van der Waals surface area contributed by atoms with E-state index in [9.17, 15) is 33.5 Å². The molecule has 1 heterocycles. The third-order valence-corrected chi connectivity index (χ3v) is 8.71. The number of aryl methyl sites for hydroxylation is 1. The lowest BCUT2D eigenvalue weighted by molar-refractivity contribution is -0.173. The fourth-order valence-corrected chi connectivity index (χ4v) is 5.64. The van der Waals surface area contributed by atoms with Gasteiger partial charge in [0.15, 0.2) is 12.2 Å². The minimum atomic E-state index is -1.95. The van der Waals surface area contributed by atoms with Crippen molar-refractivity contribution in [2.75, 3.05) is 27.3 Å². The van der Waals surface area contributed by atoms with E-state index in [0.717, 1.165) is 41.4 Å². The average molecular weight is 679 g/mol. The van der Waals surface area contributed by atoms with Crippen molar-refractivity contribution < 1.29 is 52.4 Å². The summed E-state index contributed by atoms with van der Waals surface area (Å²) in [6, 6.07) is 6.36. The maximum atomic E-state index is 14.9. The van der Waals surface area contributed by atoms with Gasteiger partial charge in [0.05, 0.1) is 0 Å². The SMILES string of the molecule is C[C@@H](OC(=O)C1(N(C)C(=O)OC(C)(C)C)CC1)C(=O)N(C)[C@@H](CC(C)(C)F)C(=O)O[C@H](CCc1ccc(C2CCOCC2)cc1)C(=O)O. The van der Waals surface area contributed by atoms with E-state index in [4.69, 9.17) is 18.9 Å². The first kappa shape index (κ1) is 38.7. The standard InChI is InChI=1S/C35H51FN2O10/c1-22(46-31(43)35(17-18-35)38(8)32(44)48-33(2,3)4)28(39)37(7)26(21-34(5,6)36)30(42)47-27(29(40)41)14-11-23-9-12-24(13-10-23)25-15-19-45-20-16-25/h9-10,12-13,22,25-27H,11,14-21H2,1-8H3,(H,40,41)/t22-,26+,27-/m1/s1. The van der Waals surface area contributed by atoms with Gasteiger partial charge in [0, 0.05) is 33.7 Å². The van der Waals surface area contributed by atoms with Crippen LogP contribution in [0.2, 0.25) is 0 Å². The van der Waals surface area contributed by atoms with Gasteiger partial charge in [-0.05, 0) is 97.1 Å². The molecule has 0 spiro atoms. The summed E-state index contributed by atoms with van der Waals surface area (Å²) in [5.41, 5.74) is -1.98. The Bertz CT molecular complexity index is 1310. The van der Waals surface area contributed by atoms with E-state index in [1.807, 2.05) is 24.3 Å². The van der Waals surface area contributed by atoms with Crippen LogP contribution >= 0.6 is 0 Å². The number of amides is 2. The van der Waals surface area contributed by atoms with Crippen LogP contribution in [0.15, 0.2) is 24.3 Å². The number of hydrogen-bond donors (Lipinski definition) is 1. The van der Waals surface area contributed by atoms with Crippen LogP contribution in [-0.2, 0) is 44.5 Å². The molecule has 0 radical (unpaired) electrons. The van der Waals surface area contributed by atoms with Crippen LogP contribution in [0.4, 0.5) is 9.18 Å².